The monoisotopic (exact) mass is 653 g/mol. The Balaban J connectivity index is 0.00000116. The summed E-state index contributed by atoms with van der Waals surface area (Å²) in [5.74, 6) is -17.4. The molecular weight excluding hydrogens is 609 g/mol. The van der Waals surface area contributed by atoms with Crippen LogP contribution in [0.1, 0.15) is 68.6 Å². The maximum absolute atomic E-state index is 14.9. The maximum atomic E-state index is 14.9. The highest BCUT2D eigenvalue weighted by molar-refractivity contribution is 6.09. The van der Waals surface area contributed by atoms with Gasteiger partial charge in [0.15, 0.2) is 6.04 Å². The lowest BCUT2D eigenvalue weighted by atomic mass is 9.90. The van der Waals surface area contributed by atoms with E-state index in [9.17, 15) is 49.4 Å². The molecule has 0 spiro atoms. The van der Waals surface area contributed by atoms with Crippen LogP contribution < -0.4 is 10.1 Å². The molecule has 2 aromatic rings. The van der Waals surface area contributed by atoms with Crippen LogP contribution in [0.5, 0.6) is 5.75 Å². The third kappa shape index (κ3) is 7.21. The predicted molar refractivity (Wildman–Crippen MR) is 161 cm³/mol. The average Bonchev–Trinajstić information content (AvgIpc) is 3.24. The number of nitrogens with zero attached hydrogens (tertiary/aromatic N) is 2. The molecule has 14 nitrogen and oxygen atoms in total. The van der Waals surface area contributed by atoms with E-state index in [1.54, 1.807) is 6.07 Å². The van der Waals surface area contributed by atoms with Gasteiger partial charge in [-0.1, -0.05) is 59.7 Å². The number of rotatable bonds is 6. The molecule has 2 saturated heterocycles. The molecular formula is C31H44FN3O11. The molecule has 0 bridgehead atoms. The first-order valence-corrected chi connectivity index (χ1v) is 15.1. The SMILES string of the molecule is CC.CC.CC.O=C1NC(=O)C(O)(O)C(O)(O)C1N1C(=O)c2cccc(OCc3ccc(CN4CCOCC4)cc3F)c2C1(O)O. The van der Waals surface area contributed by atoms with Crippen molar-refractivity contribution in [1.29, 1.82) is 0 Å². The van der Waals surface area contributed by atoms with E-state index >= 15 is 0 Å². The standard InChI is InChI=1S/C25H26FN3O11.3C2H6/c26-16-10-13(11-28-6-8-39-9-7-28)4-5-14(16)12-40-17-3-1-2-15-18(17)25(37,38)29(21(15)31)19-20(30)27-22(32)24(35,36)23(19,33)34;3*1-2/h1-5,10,19,33-38H,6-9,11-12H2,(H,27,30,32);3*1-2H3. The van der Waals surface area contributed by atoms with E-state index in [0.29, 0.717) is 19.8 Å². The number of carbonyl (C=O) groups is 3. The van der Waals surface area contributed by atoms with Gasteiger partial charge in [0.2, 0.25) is 0 Å². The zero-order valence-electron chi connectivity index (χ0n) is 26.8. The molecule has 5 rings (SSSR count). The van der Waals surface area contributed by atoms with Crippen molar-refractivity contribution in [2.75, 3.05) is 26.3 Å². The van der Waals surface area contributed by atoms with Crippen molar-refractivity contribution in [3.05, 3.63) is 64.5 Å². The molecule has 3 aliphatic heterocycles. The second kappa shape index (κ2) is 15.8. The fourth-order valence-electron chi connectivity index (χ4n) is 4.95. The summed E-state index contributed by atoms with van der Waals surface area (Å²) in [4.78, 5) is 39.4. The van der Waals surface area contributed by atoms with E-state index in [-0.39, 0.29) is 16.2 Å². The Morgan fingerprint density at radius 1 is 0.935 bits per heavy atom. The number of carbonyl (C=O) groups excluding carboxylic acids is 3. The molecule has 15 heteroatoms. The highest BCUT2D eigenvalue weighted by atomic mass is 19.1. The first-order chi connectivity index (χ1) is 21.8. The van der Waals surface area contributed by atoms with E-state index in [0.717, 1.165) is 24.7 Å². The van der Waals surface area contributed by atoms with Gasteiger partial charge in [-0.15, -0.1) is 0 Å². The number of ether oxygens (including phenoxy) is 2. The molecule has 2 aromatic carbocycles. The molecule has 1 atom stereocenters. The molecule has 7 N–H and O–H groups in total. The quantitative estimate of drug-likeness (QED) is 0.165. The van der Waals surface area contributed by atoms with Gasteiger partial charge in [0.05, 0.1) is 24.3 Å². The van der Waals surface area contributed by atoms with E-state index in [4.69, 9.17) is 9.47 Å². The van der Waals surface area contributed by atoms with Crippen molar-refractivity contribution in [2.24, 2.45) is 0 Å². The fraction of sp³-hybridized carbons (Fsp3) is 0.516. The lowest BCUT2D eigenvalue weighted by Gasteiger charge is -2.47. The normalized spacial score (nSPS) is 20.9. The number of hydrogen-bond acceptors (Lipinski definition) is 12. The van der Waals surface area contributed by atoms with Gasteiger partial charge in [-0.3, -0.25) is 29.5 Å². The Morgan fingerprint density at radius 3 is 2.13 bits per heavy atom. The van der Waals surface area contributed by atoms with E-state index in [2.05, 4.69) is 4.90 Å². The summed E-state index contributed by atoms with van der Waals surface area (Å²) in [7, 11) is 0. The minimum atomic E-state index is -4.06. The number of aliphatic hydroxyl groups is 6. The Bertz CT molecular complexity index is 1380. The number of nitrogens with one attached hydrogen (secondary N) is 1. The zero-order valence-corrected chi connectivity index (χ0v) is 26.8. The number of fused-ring (bicyclic) bond motifs is 1. The van der Waals surface area contributed by atoms with Crippen LogP contribution in [0.25, 0.3) is 0 Å². The zero-order chi connectivity index (χ0) is 35.0. The van der Waals surface area contributed by atoms with Crippen molar-refractivity contribution >= 4 is 17.7 Å². The minimum Gasteiger partial charge on any atom is -0.488 e. The van der Waals surface area contributed by atoms with Crippen molar-refractivity contribution < 1.29 is 58.9 Å². The first-order valence-electron chi connectivity index (χ1n) is 15.1. The molecule has 1 unspecified atom stereocenters. The van der Waals surface area contributed by atoms with Crippen molar-refractivity contribution in [2.45, 2.75) is 78.2 Å². The highest BCUT2D eigenvalue weighted by Gasteiger charge is 2.70. The Labute approximate surface area is 266 Å². The molecule has 0 radical (unpaired) electrons. The number of hydrogen-bond donors (Lipinski definition) is 7. The number of piperidine rings is 1. The molecule has 3 heterocycles. The molecule has 2 fully saturated rings. The number of imide groups is 1. The van der Waals surface area contributed by atoms with Crippen molar-refractivity contribution in [1.82, 2.24) is 15.1 Å². The van der Waals surface area contributed by atoms with E-state index in [1.807, 2.05) is 41.5 Å². The lowest BCUT2D eigenvalue weighted by Crippen LogP contribution is -2.80. The van der Waals surface area contributed by atoms with Crippen LogP contribution in [0, 0.1) is 5.82 Å². The van der Waals surface area contributed by atoms with Crippen LogP contribution in [0.2, 0.25) is 0 Å². The van der Waals surface area contributed by atoms with Crippen LogP contribution in [0.3, 0.4) is 0 Å². The number of amides is 3. The molecule has 256 valence electrons. The van der Waals surface area contributed by atoms with Crippen molar-refractivity contribution in [3.63, 3.8) is 0 Å². The molecule has 0 aliphatic carbocycles. The summed E-state index contributed by atoms with van der Waals surface area (Å²) in [5, 5.41) is 63.9. The largest absolute Gasteiger partial charge is 0.488 e. The third-order valence-electron chi connectivity index (χ3n) is 7.11. The van der Waals surface area contributed by atoms with Crippen LogP contribution >= 0.6 is 0 Å². The van der Waals surface area contributed by atoms with Crippen LogP contribution in [0.4, 0.5) is 4.39 Å². The van der Waals surface area contributed by atoms with Gasteiger partial charge in [0.1, 0.15) is 18.2 Å². The summed E-state index contributed by atoms with van der Waals surface area (Å²) in [6.07, 6.45) is 0. The average molecular weight is 654 g/mol. The number of morpholine rings is 1. The molecule has 0 aromatic heterocycles. The summed E-state index contributed by atoms with van der Waals surface area (Å²) in [5.41, 5.74) is -0.261. The predicted octanol–water partition coefficient (Wildman–Crippen LogP) is 0.253. The van der Waals surface area contributed by atoms with Gasteiger partial charge >= 0.3 is 5.79 Å². The fourth-order valence-corrected chi connectivity index (χ4v) is 4.95. The van der Waals surface area contributed by atoms with Gasteiger partial charge in [-0.25, -0.2) is 4.39 Å². The molecule has 0 saturated carbocycles. The van der Waals surface area contributed by atoms with Crippen LogP contribution in [-0.4, -0.2) is 102 Å². The maximum Gasteiger partial charge on any atom is 0.303 e. The summed E-state index contributed by atoms with van der Waals surface area (Å²) >= 11 is 0. The van der Waals surface area contributed by atoms with Crippen LogP contribution in [0.15, 0.2) is 36.4 Å². The molecule has 46 heavy (non-hydrogen) atoms. The van der Waals surface area contributed by atoms with Gasteiger partial charge in [0.25, 0.3) is 29.4 Å². The topological polar surface area (TPSA) is 210 Å². The molecule has 3 aliphatic rings. The Kier molecular flexibility index (Phi) is 13.3. The van der Waals surface area contributed by atoms with Gasteiger partial charge in [-0.2, -0.15) is 0 Å². The third-order valence-corrected chi connectivity index (χ3v) is 7.11. The van der Waals surface area contributed by atoms with E-state index in [1.165, 1.54) is 29.6 Å². The second-order valence-electron chi connectivity index (χ2n) is 9.71. The summed E-state index contributed by atoms with van der Waals surface area (Å²) in [6.45, 7) is 14.7. The Morgan fingerprint density at radius 2 is 1.54 bits per heavy atom. The summed E-state index contributed by atoms with van der Waals surface area (Å²) in [6, 6.07) is 5.39. The van der Waals surface area contributed by atoms with Gasteiger partial charge < -0.3 is 40.1 Å². The molecule has 3 amide bonds. The van der Waals surface area contributed by atoms with E-state index < -0.39 is 64.8 Å². The van der Waals surface area contributed by atoms with Gasteiger partial charge in [0, 0.05) is 25.2 Å². The Hall–Kier alpha value is -3.54. The number of halogens is 1. The minimum absolute atomic E-state index is 0.103. The number of benzene rings is 2. The van der Waals surface area contributed by atoms with Crippen molar-refractivity contribution in [3.8, 4) is 5.75 Å². The second-order valence-corrected chi connectivity index (χ2v) is 9.71. The van der Waals surface area contributed by atoms with Gasteiger partial charge in [-0.05, 0) is 23.8 Å². The first kappa shape index (κ1) is 38.6. The lowest BCUT2D eigenvalue weighted by molar-refractivity contribution is -0.374. The highest BCUT2D eigenvalue weighted by Crippen LogP contribution is 2.45. The smallest absolute Gasteiger partial charge is 0.303 e. The van der Waals surface area contributed by atoms with Crippen LogP contribution in [-0.2, 0) is 33.4 Å². The summed E-state index contributed by atoms with van der Waals surface area (Å²) < 4.78 is 25.8.